The summed E-state index contributed by atoms with van der Waals surface area (Å²) in [6.07, 6.45) is 6.00. The van der Waals surface area contributed by atoms with Crippen molar-refractivity contribution >= 4 is 11.6 Å². The number of hydrogen-bond donors (Lipinski definition) is 0. The summed E-state index contributed by atoms with van der Waals surface area (Å²) in [5, 5.41) is 0. The second kappa shape index (κ2) is 17.5. The van der Waals surface area contributed by atoms with E-state index in [2.05, 4.69) is 132 Å². The first-order valence-corrected chi connectivity index (χ1v) is 22.0. The first-order valence-electron chi connectivity index (χ1n) is 21.4. The van der Waals surface area contributed by atoms with Crippen LogP contribution in [0.15, 0.2) is 48.5 Å². The molecule has 5 heteroatoms. The predicted octanol–water partition coefficient (Wildman–Crippen LogP) is 13.9. The van der Waals surface area contributed by atoms with E-state index in [1.165, 1.54) is 44.5 Å². The zero-order valence-electron chi connectivity index (χ0n) is 38.9. The van der Waals surface area contributed by atoms with Crippen LogP contribution in [0.5, 0.6) is 23.0 Å². The minimum absolute atomic E-state index is 0.00645. The third-order valence-corrected chi connectivity index (χ3v) is 12.4. The van der Waals surface area contributed by atoms with Gasteiger partial charge in [0.1, 0.15) is 23.0 Å². The molecule has 0 unspecified atom stereocenters. The first-order chi connectivity index (χ1) is 27.0. The van der Waals surface area contributed by atoms with Gasteiger partial charge in [0, 0.05) is 42.2 Å². The maximum atomic E-state index is 6.62. The van der Waals surface area contributed by atoms with E-state index in [1.54, 1.807) is 0 Å². The minimum atomic E-state index is -0.102. The lowest BCUT2D eigenvalue weighted by molar-refractivity contribution is 0.388. The number of fused-ring (bicyclic) bond motifs is 8. The largest absolute Gasteiger partial charge is 0.496 e. The highest BCUT2D eigenvalue weighted by atomic mass is 35.5. The molecule has 8 bridgehead atoms. The molecule has 0 radical (unpaired) electrons. The molecule has 5 rings (SSSR count). The lowest BCUT2D eigenvalue weighted by atomic mass is 9.76. The molecule has 4 aromatic rings. The quantitative estimate of drug-likeness (QED) is 0.125. The highest BCUT2D eigenvalue weighted by molar-refractivity contribution is 6.17. The van der Waals surface area contributed by atoms with Crippen LogP contribution < -0.4 is 18.9 Å². The number of halogens is 1. The minimum Gasteiger partial charge on any atom is -0.496 e. The molecule has 0 aromatic heterocycles. The molecule has 0 amide bonds. The Balaban J connectivity index is 2.03. The van der Waals surface area contributed by atoms with Gasteiger partial charge in [0.05, 0.1) is 28.4 Å². The Hall–Kier alpha value is -3.63. The lowest BCUT2D eigenvalue weighted by Gasteiger charge is -2.31. The van der Waals surface area contributed by atoms with Gasteiger partial charge in [0.15, 0.2) is 0 Å². The van der Waals surface area contributed by atoms with Crippen LogP contribution in [0, 0.1) is 0 Å². The Morgan fingerprint density at radius 2 is 0.690 bits per heavy atom. The molecule has 0 aliphatic heterocycles. The van der Waals surface area contributed by atoms with Gasteiger partial charge in [0.25, 0.3) is 0 Å². The molecule has 0 saturated carbocycles. The van der Waals surface area contributed by atoms with Crippen LogP contribution in [0.3, 0.4) is 0 Å². The maximum absolute atomic E-state index is 6.62. The molecule has 0 fully saturated rings. The summed E-state index contributed by atoms with van der Waals surface area (Å²) in [6, 6.07) is 19.1. The Kier molecular flexibility index (Phi) is 13.7. The third kappa shape index (κ3) is 9.86. The van der Waals surface area contributed by atoms with E-state index < -0.39 is 0 Å². The third-order valence-electron chi connectivity index (χ3n) is 12.2. The molecule has 1 aliphatic rings. The van der Waals surface area contributed by atoms with Crippen LogP contribution in [-0.2, 0) is 40.9 Å². The summed E-state index contributed by atoms with van der Waals surface area (Å²) >= 11 is 6.27. The Morgan fingerprint density at radius 1 is 0.414 bits per heavy atom. The van der Waals surface area contributed by atoms with E-state index in [4.69, 9.17) is 30.5 Å². The average Bonchev–Trinajstić information content (AvgIpc) is 3.12. The molecule has 58 heavy (non-hydrogen) atoms. The van der Waals surface area contributed by atoms with Gasteiger partial charge >= 0.3 is 0 Å². The second-order valence-corrected chi connectivity index (χ2v) is 21.2. The fourth-order valence-electron chi connectivity index (χ4n) is 8.71. The monoisotopic (exact) mass is 809 g/mol. The van der Waals surface area contributed by atoms with Gasteiger partial charge < -0.3 is 18.9 Å². The summed E-state index contributed by atoms with van der Waals surface area (Å²) in [6.45, 7) is 27.7. The lowest BCUT2D eigenvalue weighted by Crippen LogP contribution is -2.18. The van der Waals surface area contributed by atoms with E-state index in [9.17, 15) is 0 Å². The highest BCUT2D eigenvalue weighted by Gasteiger charge is 2.32. The van der Waals surface area contributed by atoms with Crippen LogP contribution in [-0.4, -0.2) is 34.3 Å². The van der Waals surface area contributed by atoms with E-state index in [0.717, 1.165) is 70.9 Å². The number of rotatable bonds is 9. The maximum Gasteiger partial charge on any atom is 0.126 e. The molecule has 0 N–H and O–H groups in total. The fraction of sp³-hybridized carbons (Fsp3) is 0.547. The zero-order valence-corrected chi connectivity index (χ0v) is 39.6. The van der Waals surface area contributed by atoms with E-state index in [-0.39, 0.29) is 27.6 Å². The summed E-state index contributed by atoms with van der Waals surface area (Å²) < 4.78 is 26.2. The number of hydrogen-bond acceptors (Lipinski definition) is 4. The summed E-state index contributed by atoms with van der Waals surface area (Å²) in [7, 11) is 7.33. The molecular formula is C53H73ClO4. The van der Waals surface area contributed by atoms with Crippen LogP contribution in [0.25, 0.3) is 0 Å². The summed E-state index contributed by atoms with van der Waals surface area (Å²) in [5.41, 5.74) is 14.1. The second-order valence-electron chi connectivity index (χ2n) is 20.8. The standard InChI is InChI=1S/C53H73ClO4/c1-50(2,3)39-25-33-22-34-26-40(51(4,5)6)28-36(47(34)56-14)24-38-30-42(53(10,11)12)32-45(49(38)58-16)43(20-18-17-19-21-54)44-31-41(52(7,8)9)29-37(48(44)57-15)23-35(27-39)46(33)55-13/h25-32,43H,17-24H2,1-16H3. The van der Waals surface area contributed by atoms with Gasteiger partial charge in [-0.15, -0.1) is 11.6 Å². The van der Waals surface area contributed by atoms with Crippen molar-refractivity contribution in [3.05, 3.63) is 115 Å². The van der Waals surface area contributed by atoms with E-state index in [1.807, 2.05) is 28.4 Å². The van der Waals surface area contributed by atoms with Crippen molar-refractivity contribution in [2.45, 2.75) is 156 Å². The first kappa shape index (κ1) is 45.5. The van der Waals surface area contributed by atoms with Gasteiger partial charge in [-0.25, -0.2) is 0 Å². The number of alkyl halides is 1. The number of benzene rings is 4. The number of ether oxygens (including phenoxy) is 4. The molecular weight excluding hydrogens is 736 g/mol. The van der Waals surface area contributed by atoms with Crippen molar-refractivity contribution in [3.8, 4) is 23.0 Å². The number of methoxy groups -OCH3 is 4. The van der Waals surface area contributed by atoms with Crippen molar-refractivity contribution in [1.29, 1.82) is 0 Å². The topological polar surface area (TPSA) is 36.9 Å². The van der Waals surface area contributed by atoms with E-state index >= 15 is 0 Å². The van der Waals surface area contributed by atoms with Crippen molar-refractivity contribution < 1.29 is 18.9 Å². The molecule has 4 nitrogen and oxygen atoms in total. The molecule has 0 saturated heterocycles. The fourth-order valence-corrected chi connectivity index (χ4v) is 8.90. The average molecular weight is 810 g/mol. The van der Waals surface area contributed by atoms with Crippen molar-refractivity contribution in [2.75, 3.05) is 34.3 Å². The summed E-state index contributed by atoms with van der Waals surface area (Å²) in [4.78, 5) is 0. The van der Waals surface area contributed by atoms with Gasteiger partial charge in [0.2, 0.25) is 0 Å². The van der Waals surface area contributed by atoms with Crippen molar-refractivity contribution in [3.63, 3.8) is 0 Å². The zero-order chi connectivity index (χ0) is 43.0. The number of unbranched alkanes of at least 4 members (excludes halogenated alkanes) is 2. The van der Waals surface area contributed by atoms with Crippen LogP contribution in [0.2, 0.25) is 0 Å². The van der Waals surface area contributed by atoms with E-state index in [0.29, 0.717) is 25.1 Å². The van der Waals surface area contributed by atoms with Crippen molar-refractivity contribution in [2.24, 2.45) is 0 Å². The SMILES string of the molecule is COc1c2cc(C(C)(C)C)cc1Cc1cc(C(C)(C)C)cc(c1OC)C(CCCCCCl)c1cc(C(C)(C)C)cc(c1OC)Cc1cc(C(C)(C)C)cc(c1OC)C2. The van der Waals surface area contributed by atoms with Gasteiger partial charge in [-0.05, 0) is 90.1 Å². The summed E-state index contributed by atoms with van der Waals surface area (Å²) in [5.74, 6) is 4.41. The smallest absolute Gasteiger partial charge is 0.126 e. The Labute approximate surface area is 357 Å². The molecule has 0 spiro atoms. The predicted molar refractivity (Wildman–Crippen MR) is 246 cm³/mol. The highest BCUT2D eigenvalue weighted by Crippen LogP contribution is 2.48. The van der Waals surface area contributed by atoms with Crippen LogP contribution in [0.1, 0.15) is 181 Å². The molecule has 0 heterocycles. The Morgan fingerprint density at radius 3 is 0.948 bits per heavy atom. The molecule has 0 atom stereocenters. The normalized spacial score (nSPS) is 14.0. The molecule has 4 aromatic carbocycles. The van der Waals surface area contributed by atoms with Crippen molar-refractivity contribution in [1.82, 2.24) is 0 Å². The van der Waals surface area contributed by atoms with Crippen LogP contribution in [0.4, 0.5) is 0 Å². The van der Waals surface area contributed by atoms with Gasteiger partial charge in [-0.2, -0.15) is 0 Å². The van der Waals surface area contributed by atoms with Crippen LogP contribution >= 0.6 is 11.6 Å². The Bertz CT molecular complexity index is 1940. The van der Waals surface area contributed by atoms with Gasteiger partial charge in [-0.1, -0.05) is 144 Å². The molecule has 316 valence electrons. The van der Waals surface area contributed by atoms with Gasteiger partial charge in [-0.3, -0.25) is 0 Å². The molecule has 1 aliphatic carbocycles.